The van der Waals surface area contributed by atoms with Gasteiger partial charge in [-0.1, -0.05) is 0 Å². The minimum absolute atomic E-state index is 0.0375. The van der Waals surface area contributed by atoms with Crippen molar-refractivity contribution in [3.8, 4) is 0 Å². The molecule has 0 N–H and O–H groups in total. The highest BCUT2D eigenvalue weighted by molar-refractivity contribution is 5.96. The van der Waals surface area contributed by atoms with Crippen LogP contribution in [-0.2, 0) is 9.53 Å². The molecule has 156 valence electrons. The molecule has 1 aliphatic heterocycles. The molecule has 30 heavy (non-hydrogen) atoms. The van der Waals surface area contributed by atoms with Crippen molar-refractivity contribution < 1.29 is 27.5 Å². The largest absolute Gasteiger partial charge is 0.450 e. The Bertz CT molecular complexity index is 1090. The van der Waals surface area contributed by atoms with Gasteiger partial charge in [-0.25, -0.2) is 13.6 Å². The third kappa shape index (κ3) is 3.98. The maximum Gasteiger partial charge on any atom is 0.375 e. The number of aryl methyl sites for hydroxylation is 1. The van der Waals surface area contributed by atoms with Crippen LogP contribution in [0.3, 0.4) is 0 Å². The number of furan rings is 1. The molecule has 0 unspecified atom stereocenters. The summed E-state index contributed by atoms with van der Waals surface area (Å²) in [6.45, 7) is 3.37. The van der Waals surface area contributed by atoms with Crippen LogP contribution in [0, 0.1) is 18.6 Å². The Kier molecular flexibility index (Phi) is 5.39. The summed E-state index contributed by atoms with van der Waals surface area (Å²) < 4.78 is 37.1. The van der Waals surface area contributed by atoms with E-state index in [0.717, 1.165) is 5.69 Å². The minimum Gasteiger partial charge on any atom is -0.450 e. The van der Waals surface area contributed by atoms with Crippen LogP contribution in [0.2, 0.25) is 0 Å². The van der Waals surface area contributed by atoms with Gasteiger partial charge in [0, 0.05) is 42.8 Å². The van der Waals surface area contributed by atoms with Crippen molar-refractivity contribution in [2.24, 2.45) is 0 Å². The lowest BCUT2D eigenvalue weighted by Gasteiger charge is -2.36. The predicted molar refractivity (Wildman–Crippen MR) is 106 cm³/mol. The number of carbonyl (C=O) groups excluding carboxylic acids is 2. The summed E-state index contributed by atoms with van der Waals surface area (Å²) in [5.41, 5.74) is 1.74. The van der Waals surface area contributed by atoms with E-state index in [9.17, 15) is 18.4 Å². The molecule has 1 saturated heterocycles. The van der Waals surface area contributed by atoms with Gasteiger partial charge in [0.05, 0.1) is 0 Å². The molecule has 0 spiro atoms. The number of benzene rings is 2. The first-order valence-corrected chi connectivity index (χ1v) is 9.56. The first-order valence-electron chi connectivity index (χ1n) is 9.56. The Hall–Kier alpha value is -3.42. The molecule has 4 rings (SSSR count). The van der Waals surface area contributed by atoms with E-state index in [1.807, 2.05) is 0 Å². The van der Waals surface area contributed by atoms with E-state index < -0.39 is 18.4 Å². The lowest BCUT2D eigenvalue weighted by molar-refractivity contribution is -0.134. The van der Waals surface area contributed by atoms with Gasteiger partial charge in [0.2, 0.25) is 5.76 Å². The maximum atomic E-state index is 13.4. The van der Waals surface area contributed by atoms with E-state index in [0.29, 0.717) is 42.7 Å². The summed E-state index contributed by atoms with van der Waals surface area (Å²) in [5, 5.41) is 0.491. The fraction of sp³-hybridized carbons (Fsp3) is 0.273. The van der Waals surface area contributed by atoms with Gasteiger partial charge in [-0.3, -0.25) is 4.79 Å². The average Bonchev–Trinajstić information content (AvgIpc) is 3.08. The van der Waals surface area contributed by atoms with E-state index in [4.69, 9.17) is 9.15 Å². The lowest BCUT2D eigenvalue weighted by atomic mass is 10.1. The van der Waals surface area contributed by atoms with Crippen LogP contribution in [-0.4, -0.2) is 49.6 Å². The van der Waals surface area contributed by atoms with Gasteiger partial charge in [-0.15, -0.1) is 0 Å². The van der Waals surface area contributed by atoms with E-state index >= 15 is 0 Å². The predicted octanol–water partition coefficient (Wildman–Crippen LogP) is 3.53. The molecule has 1 aromatic heterocycles. The van der Waals surface area contributed by atoms with Crippen LogP contribution in [0.1, 0.15) is 16.1 Å². The highest BCUT2D eigenvalue weighted by atomic mass is 19.1. The van der Waals surface area contributed by atoms with Gasteiger partial charge in [-0.2, -0.15) is 0 Å². The molecule has 2 heterocycles. The van der Waals surface area contributed by atoms with Gasteiger partial charge in [0.15, 0.2) is 6.61 Å². The molecule has 2 aromatic carbocycles. The summed E-state index contributed by atoms with van der Waals surface area (Å²) in [7, 11) is 0. The topological polar surface area (TPSA) is 63.0 Å². The second kappa shape index (κ2) is 8.14. The van der Waals surface area contributed by atoms with Gasteiger partial charge in [-0.05, 0) is 49.4 Å². The molecule has 0 saturated carbocycles. The highest BCUT2D eigenvalue weighted by Crippen LogP contribution is 2.26. The van der Waals surface area contributed by atoms with Gasteiger partial charge in [0.25, 0.3) is 5.91 Å². The Morgan fingerprint density at radius 3 is 2.37 bits per heavy atom. The van der Waals surface area contributed by atoms with Crippen LogP contribution >= 0.6 is 0 Å². The zero-order valence-electron chi connectivity index (χ0n) is 16.4. The number of carbonyl (C=O) groups is 2. The number of rotatable bonds is 4. The second-order valence-electron chi connectivity index (χ2n) is 7.12. The Morgan fingerprint density at radius 2 is 1.67 bits per heavy atom. The van der Waals surface area contributed by atoms with Crippen molar-refractivity contribution in [3.63, 3.8) is 0 Å². The summed E-state index contributed by atoms with van der Waals surface area (Å²) in [6, 6.07) is 10.2. The molecule has 1 amide bonds. The second-order valence-corrected chi connectivity index (χ2v) is 7.12. The van der Waals surface area contributed by atoms with Crippen LogP contribution in [0.15, 0.2) is 46.9 Å². The highest BCUT2D eigenvalue weighted by Gasteiger charge is 2.24. The van der Waals surface area contributed by atoms with Crippen molar-refractivity contribution in [2.45, 2.75) is 6.92 Å². The number of anilines is 1. The molecule has 8 heteroatoms. The Labute approximate surface area is 171 Å². The Balaban J connectivity index is 1.32. The normalized spacial score (nSPS) is 14.2. The molecule has 1 aliphatic rings. The molecule has 0 bridgehead atoms. The maximum absolute atomic E-state index is 13.4. The van der Waals surface area contributed by atoms with E-state index in [-0.39, 0.29) is 17.5 Å². The monoisotopic (exact) mass is 414 g/mol. The number of esters is 1. The molecule has 1 fully saturated rings. The van der Waals surface area contributed by atoms with Crippen LogP contribution in [0.5, 0.6) is 0 Å². The number of hydrogen-bond donors (Lipinski definition) is 0. The van der Waals surface area contributed by atoms with Gasteiger partial charge in [0.1, 0.15) is 17.2 Å². The quantitative estimate of drug-likeness (QED) is 0.612. The van der Waals surface area contributed by atoms with E-state index in [1.165, 1.54) is 30.3 Å². The molecule has 6 nitrogen and oxygen atoms in total. The summed E-state index contributed by atoms with van der Waals surface area (Å²) >= 11 is 0. The van der Waals surface area contributed by atoms with E-state index in [1.54, 1.807) is 24.0 Å². The summed E-state index contributed by atoms with van der Waals surface area (Å²) in [5.74, 6) is -1.82. The molecular formula is C22H20F2N2O4. The zero-order valence-corrected chi connectivity index (χ0v) is 16.4. The molecule has 3 aromatic rings. The molecular weight excluding hydrogens is 394 g/mol. The standard InChI is InChI=1S/C22H20F2N2O4/c1-14-18-12-16(24)4-7-19(18)30-21(14)22(28)29-13-20(27)26-10-8-25(9-11-26)17-5-2-15(23)3-6-17/h2-7,12H,8-11,13H2,1H3. The first-order chi connectivity index (χ1) is 14.4. The Morgan fingerprint density at radius 1 is 1.00 bits per heavy atom. The van der Waals surface area contributed by atoms with Crippen molar-refractivity contribution in [1.82, 2.24) is 4.90 Å². The van der Waals surface area contributed by atoms with Crippen molar-refractivity contribution >= 4 is 28.5 Å². The number of amides is 1. The van der Waals surface area contributed by atoms with Crippen LogP contribution in [0.4, 0.5) is 14.5 Å². The van der Waals surface area contributed by atoms with Crippen molar-refractivity contribution in [1.29, 1.82) is 0 Å². The van der Waals surface area contributed by atoms with Crippen molar-refractivity contribution in [3.05, 3.63) is 65.4 Å². The third-order valence-electron chi connectivity index (χ3n) is 5.23. The molecule has 0 aliphatic carbocycles. The number of halogens is 2. The fourth-order valence-electron chi connectivity index (χ4n) is 3.54. The SMILES string of the molecule is Cc1c(C(=O)OCC(=O)N2CCN(c3ccc(F)cc3)CC2)oc2ccc(F)cc12. The molecule has 0 atom stereocenters. The van der Waals surface area contributed by atoms with E-state index in [2.05, 4.69) is 4.90 Å². The third-order valence-corrected chi connectivity index (χ3v) is 5.23. The minimum atomic E-state index is -0.762. The summed E-state index contributed by atoms with van der Waals surface area (Å²) in [4.78, 5) is 28.5. The van der Waals surface area contributed by atoms with Gasteiger partial charge >= 0.3 is 5.97 Å². The van der Waals surface area contributed by atoms with Crippen LogP contribution in [0.25, 0.3) is 11.0 Å². The number of fused-ring (bicyclic) bond motifs is 1. The van der Waals surface area contributed by atoms with Gasteiger partial charge < -0.3 is 19.0 Å². The number of piperazine rings is 1. The number of hydrogen-bond acceptors (Lipinski definition) is 5. The summed E-state index contributed by atoms with van der Waals surface area (Å²) in [6.07, 6.45) is 0. The number of nitrogens with zero attached hydrogens (tertiary/aromatic N) is 2. The lowest BCUT2D eigenvalue weighted by Crippen LogP contribution is -2.49. The van der Waals surface area contributed by atoms with Crippen molar-refractivity contribution in [2.75, 3.05) is 37.7 Å². The average molecular weight is 414 g/mol. The first kappa shape index (κ1) is 19.9. The fourth-order valence-corrected chi connectivity index (χ4v) is 3.54. The number of ether oxygens (including phenoxy) is 1. The molecule has 0 radical (unpaired) electrons. The zero-order chi connectivity index (χ0) is 21.3. The van der Waals surface area contributed by atoms with Crippen LogP contribution < -0.4 is 4.90 Å². The smallest absolute Gasteiger partial charge is 0.375 e.